The quantitative estimate of drug-likeness (QED) is 0.800. The molecule has 0 saturated heterocycles. The highest BCUT2D eigenvalue weighted by molar-refractivity contribution is 5.88. The number of amides is 1. The molecule has 1 unspecified atom stereocenters. The average Bonchev–Trinajstić information content (AvgIpc) is 2.19. The molecule has 1 rings (SSSR count). The Balaban J connectivity index is 2.42. The lowest BCUT2D eigenvalue weighted by Crippen LogP contribution is -2.08. The number of benzene rings is 1. The lowest BCUT2D eigenvalue weighted by molar-refractivity contribution is -0.114. The van der Waals surface area contributed by atoms with E-state index in [2.05, 4.69) is 5.32 Å². The van der Waals surface area contributed by atoms with Crippen molar-refractivity contribution in [2.75, 3.05) is 11.9 Å². The number of hydrogen-bond donors (Lipinski definition) is 2. The van der Waals surface area contributed by atoms with Gasteiger partial charge in [-0.3, -0.25) is 4.79 Å². The first-order valence-corrected chi connectivity index (χ1v) is 5.26. The molecule has 0 fully saturated rings. The standard InChI is InChI=1S/C12H17NO3/c1-9(14)7-8-16-12-5-3-11(4-6-12)13-10(2)15/h3-6,9,14H,7-8H2,1-2H3,(H,13,15). The molecule has 16 heavy (non-hydrogen) atoms. The van der Waals surface area contributed by atoms with E-state index in [1.165, 1.54) is 6.92 Å². The number of nitrogens with one attached hydrogen (secondary N) is 1. The smallest absolute Gasteiger partial charge is 0.221 e. The van der Waals surface area contributed by atoms with Crippen LogP contribution in [0.25, 0.3) is 0 Å². The molecule has 1 amide bonds. The van der Waals surface area contributed by atoms with Crippen LogP contribution in [0.5, 0.6) is 5.75 Å². The third-order valence-corrected chi connectivity index (χ3v) is 1.98. The van der Waals surface area contributed by atoms with Gasteiger partial charge in [0.05, 0.1) is 12.7 Å². The lowest BCUT2D eigenvalue weighted by Gasteiger charge is -2.08. The van der Waals surface area contributed by atoms with Crippen LogP contribution < -0.4 is 10.1 Å². The number of anilines is 1. The molecule has 4 nitrogen and oxygen atoms in total. The topological polar surface area (TPSA) is 58.6 Å². The number of aliphatic hydroxyl groups excluding tert-OH is 1. The van der Waals surface area contributed by atoms with E-state index in [1.807, 2.05) is 0 Å². The van der Waals surface area contributed by atoms with E-state index in [1.54, 1.807) is 31.2 Å². The summed E-state index contributed by atoms with van der Waals surface area (Å²) < 4.78 is 5.40. The normalized spacial score (nSPS) is 11.9. The maximum Gasteiger partial charge on any atom is 0.221 e. The van der Waals surface area contributed by atoms with Crippen LogP contribution in [0, 0.1) is 0 Å². The van der Waals surface area contributed by atoms with Crippen molar-refractivity contribution >= 4 is 11.6 Å². The van der Waals surface area contributed by atoms with Crippen LogP contribution in [-0.4, -0.2) is 23.7 Å². The van der Waals surface area contributed by atoms with Crippen LogP contribution in [0.4, 0.5) is 5.69 Å². The van der Waals surface area contributed by atoms with E-state index in [-0.39, 0.29) is 12.0 Å². The van der Waals surface area contributed by atoms with Crippen molar-refractivity contribution in [1.82, 2.24) is 0 Å². The number of ether oxygens (including phenoxy) is 1. The SMILES string of the molecule is CC(=O)Nc1ccc(OCCC(C)O)cc1. The van der Waals surface area contributed by atoms with E-state index in [4.69, 9.17) is 9.84 Å². The van der Waals surface area contributed by atoms with Crippen LogP contribution in [0.1, 0.15) is 20.3 Å². The fraction of sp³-hybridized carbons (Fsp3) is 0.417. The molecule has 0 bridgehead atoms. The summed E-state index contributed by atoms with van der Waals surface area (Å²) in [7, 11) is 0. The van der Waals surface area contributed by atoms with E-state index >= 15 is 0 Å². The molecule has 0 aliphatic rings. The maximum absolute atomic E-state index is 10.8. The van der Waals surface area contributed by atoms with Crippen LogP contribution in [0.3, 0.4) is 0 Å². The first kappa shape index (κ1) is 12.5. The Hall–Kier alpha value is -1.55. The highest BCUT2D eigenvalue weighted by Gasteiger charge is 1.99. The predicted molar refractivity (Wildman–Crippen MR) is 62.5 cm³/mol. The Labute approximate surface area is 95.2 Å². The summed E-state index contributed by atoms with van der Waals surface area (Å²) in [5.41, 5.74) is 0.746. The highest BCUT2D eigenvalue weighted by atomic mass is 16.5. The fourth-order valence-corrected chi connectivity index (χ4v) is 1.19. The molecule has 1 atom stereocenters. The Bertz CT molecular complexity index is 333. The van der Waals surface area contributed by atoms with Crippen molar-refractivity contribution in [2.24, 2.45) is 0 Å². The first-order valence-electron chi connectivity index (χ1n) is 5.26. The van der Waals surface area contributed by atoms with Crippen molar-refractivity contribution in [3.8, 4) is 5.75 Å². The minimum atomic E-state index is -0.348. The third-order valence-electron chi connectivity index (χ3n) is 1.98. The zero-order valence-corrected chi connectivity index (χ0v) is 9.56. The molecule has 0 heterocycles. The largest absolute Gasteiger partial charge is 0.493 e. The summed E-state index contributed by atoms with van der Waals surface area (Å²) in [6, 6.07) is 7.12. The third kappa shape index (κ3) is 4.79. The molecule has 0 aliphatic heterocycles. The van der Waals surface area contributed by atoms with Crippen LogP contribution >= 0.6 is 0 Å². The van der Waals surface area contributed by atoms with Crippen molar-refractivity contribution < 1.29 is 14.6 Å². The minimum Gasteiger partial charge on any atom is -0.493 e. The number of rotatable bonds is 5. The van der Waals surface area contributed by atoms with Crippen LogP contribution in [0.15, 0.2) is 24.3 Å². The van der Waals surface area contributed by atoms with Crippen LogP contribution in [-0.2, 0) is 4.79 Å². The van der Waals surface area contributed by atoms with Crippen molar-refractivity contribution in [3.05, 3.63) is 24.3 Å². The lowest BCUT2D eigenvalue weighted by atomic mass is 10.3. The van der Waals surface area contributed by atoms with Gasteiger partial charge in [0.2, 0.25) is 5.91 Å². The van der Waals surface area contributed by atoms with Gasteiger partial charge in [-0.15, -0.1) is 0 Å². The molecule has 2 N–H and O–H groups in total. The number of hydrogen-bond acceptors (Lipinski definition) is 3. The van der Waals surface area contributed by atoms with Gasteiger partial charge in [-0.25, -0.2) is 0 Å². The minimum absolute atomic E-state index is 0.0947. The summed E-state index contributed by atoms with van der Waals surface area (Å²) in [6.07, 6.45) is 0.256. The van der Waals surface area contributed by atoms with Crippen molar-refractivity contribution in [3.63, 3.8) is 0 Å². The highest BCUT2D eigenvalue weighted by Crippen LogP contribution is 2.15. The van der Waals surface area contributed by atoms with Gasteiger partial charge in [-0.05, 0) is 31.2 Å². The summed E-state index contributed by atoms with van der Waals surface area (Å²) in [5, 5.41) is 11.7. The summed E-state index contributed by atoms with van der Waals surface area (Å²) in [4.78, 5) is 10.8. The monoisotopic (exact) mass is 223 g/mol. The van der Waals surface area contributed by atoms with Crippen molar-refractivity contribution in [2.45, 2.75) is 26.4 Å². The molecular formula is C12H17NO3. The predicted octanol–water partition coefficient (Wildman–Crippen LogP) is 1.79. The van der Waals surface area contributed by atoms with Gasteiger partial charge < -0.3 is 15.2 Å². The Morgan fingerprint density at radius 2 is 2.06 bits per heavy atom. The van der Waals surface area contributed by atoms with Gasteiger partial charge in [0.15, 0.2) is 0 Å². The Kier molecular flexibility index (Phi) is 4.79. The van der Waals surface area contributed by atoms with E-state index in [0.29, 0.717) is 13.0 Å². The molecule has 0 radical (unpaired) electrons. The molecule has 1 aromatic carbocycles. The first-order chi connectivity index (χ1) is 7.58. The Morgan fingerprint density at radius 1 is 1.44 bits per heavy atom. The fourth-order valence-electron chi connectivity index (χ4n) is 1.19. The molecule has 88 valence electrons. The van der Waals surface area contributed by atoms with Gasteiger partial charge >= 0.3 is 0 Å². The van der Waals surface area contributed by atoms with Gasteiger partial charge in [0, 0.05) is 19.0 Å². The second-order valence-corrected chi connectivity index (χ2v) is 3.69. The van der Waals surface area contributed by atoms with Gasteiger partial charge in [0.1, 0.15) is 5.75 Å². The molecular weight excluding hydrogens is 206 g/mol. The zero-order chi connectivity index (χ0) is 12.0. The molecule has 1 aromatic rings. The second kappa shape index (κ2) is 6.12. The van der Waals surface area contributed by atoms with E-state index in [9.17, 15) is 4.79 Å². The zero-order valence-electron chi connectivity index (χ0n) is 9.56. The number of carbonyl (C=O) groups is 1. The molecule has 4 heteroatoms. The van der Waals surface area contributed by atoms with Gasteiger partial charge in [-0.2, -0.15) is 0 Å². The summed E-state index contributed by atoms with van der Waals surface area (Å²) in [5.74, 6) is 0.637. The van der Waals surface area contributed by atoms with E-state index < -0.39 is 0 Å². The van der Waals surface area contributed by atoms with Crippen LogP contribution in [0.2, 0.25) is 0 Å². The van der Waals surface area contributed by atoms with Gasteiger partial charge in [0.25, 0.3) is 0 Å². The molecule has 0 saturated carbocycles. The Morgan fingerprint density at radius 3 is 2.56 bits per heavy atom. The molecule has 0 aliphatic carbocycles. The summed E-state index contributed by atoms with van der Waals surface area (Å²) in [6.45, 7) is 3.67. The number of carbonyl (C=O) groups excluding carboxylic acids is 1. The average molecular weight is 223 g/mol. The molecule has 0 aromatic heterocycles. The van der Waals surface area contributed by atoms with Gasteiger partial charge in [-0.1, -0.05) is 0 Å². The summed E-state index contributed by atoms with van der Waals surface area (Å²) >= 11 is 0. The van der Waals surface area contributed by atoms with E-state index in [0.717, 1.165) is 11.4 Å². The second-order valence-electron chi connectivity index (χ2n) is 3.69. The van der Waals surface area contributed by atoms with Crippen molar-refractivity contribution in [1.29, 1.82) is 0 Å². The maximum atomic E-state index is 10.8. The number of aliphatic hydroxyl groups is 1. The molecule has 0 spiro atoms.